The zero-order valence-electron chi connectivity index (χ0n) is 13.4. The van der Waals surface area contributed by atoms with E-state index in [9.17, 15) is 13.2 Å². The third-order valence-electron chi connectivity index (χ3n) is 2.87. The molecule has 0 fully saturated rings. The Kier molecular flexibility index (Phi) is 5.09. The fourth-order valence-corrected chi connectivity index (χ4v) is 3.92. The highest BCUT2D eigenvalue weighted by Crippen LogP contribution is 2.25. The standard InChI is InChI=1S/C15H13N5O4S2/c1-10(21)19-15-18-9-13(25-15)26(22,23)20-11-7-16-14(17-8-11)24-12-5-3-2-4-6-12/h2-9,20H,1H3,(H,18,19,21). The SMILES string of the molecule is CC(=O)Nc1ncc(S(=O)(=O)Nc2cnc(Oc3ccccc3)nc2)s1. The molecule has 11 heteroatoms. The van der Waals surface area contributed by atoms with E-state index in [1.165, 1.54) is 19.3 Å². The number of nitrogens with one attached hydrogen (secondary N) is 2. The first-order chi connectivity index (χ1) is 12.4. The zero-order valence-corrected chi connectivity index (χ0v) is 15.0. The van der Waals surface area contributed by atoms with Crippen molar-refractivity contribution in [1.82, 2.24) is 15.0 Å². The summed E-state index contributed by atoms with van der Waals surface area (Å²) in [6, 6.07) is 9.05. The Hall–Kier alpha value is -3.05. The number of amides is 1. The molecule has 2 aromatic heterocycles. The predicted molar refractivity (Wildman–Crippen MR) is 95.8 cm³/mol. The van der Waals surface area contributed by atoms with E-state index in [0.29, 0.717) is 5.75 Å². The number of thiazole rings is 1. The van der Waals surface area contributed by atoms with Gasteiger partial charge in [-0.15, -0.1) is 0 Å². The minimum Gasteiger partial charge on any atom is -0.424 e. The van der Waals surface area contributed by atoms with E-state index in [0.717, 1.165) is 17.5 Å². The number of nitrogens with zero attached hydrogens (tertiary/aromatic N) is 3. The van der Waals surface area contributed by atoms with E-state index in [1.807, 2.05) is 18.2 Å². The molecular formula is C15H13N5O4S2. The van der Waals surface area contributed by atoms with Gasteiger partial charge in [0, 0.05) is 6.92 Å². The number of hydrogen-bond acceptors (Lipinski definition) is 8. The molecule has 0 saturated heterocycles. The fourth-order valence-electron chi connectivity index (χ4n) is 1.81. The van der Waals surface area contributed by atoms with Crippen molar-refractivity contribution >= 4 is 38.1 Å². The first-order valence-corrected chi connectivity index (χ1v) is 9.53. The summed E-state index contributed by atoms with van der Waals surface area (Å²) in [5, 5.41) is 2.62. The van der Waals surface area contributed by atoms with Crippen LogP contribution in [0.3, 0.4) is 0 Å². The number of carbonyl (C=O) groups is 1. The van der Waals surface area contributed by atoms with Gasteiger partial charge in [-0.1, -0.05) is 29.5 Å². The molecule has 0 aliphatic carbocycles. The number of anilines is 2. The van der Waals surface area contributed by atoms with Crippen molar-refractivity contribution in [2.45, 2.75) is 11.1 Å². The Balaban J connectivity index is 1.69. The molecular weight excluding hydrogens is 378 g/mol. The van der Waals surface area contributed by atoms with Gasteiger partial charge in [-0.25, -0.2) is 23.4 Å². The number of para-hydroxylation sites is 1. The molecule has 0 atom stereocenters. The summed E-state index contributed by atoms with van der Waals surface area (Å²) in [4.78, 5) is 22.8. The van der Waals surface area contributed by atoms with E-state index in [1.54, 1.807) is 12.1 Å². The third kappa shape index (κ3) is 4.52. The highest BCUT2D eigenvalue weighted by molar-refractivity contribution is 7.94. The molecule has 2 N–H and O–H groups in total. The van der Waals surface area contributed by atoms with Gasteiger partial charge in [0.2, 0.25) is 5.91 Å². The second-order valence-corrected chi connectivity index (χ2v) is 7.88. The average Bonchev–Trinajstić information content (AvgIpc) is 3.06. The second kappa shape index (κ2) is 7.45. The molecule has 0 aliphatic rings. The first-order valence-electron chi connectivity index (χ1n) is 7.23. The lowest BCUT2D eigenvalue weighted by atomic mass is 10.3. The van der Waals surface area contributed by atoms with Crippen LogP contribution in [0.5, 0.6) is 11.8 Å². The normalized spacial score (nSPS) is 11.0. The lowest BCUT2D eigenvalue weighted by Crippen LogP contribution is -2.12. The fraction of sp³-hybridized carbons (Fsp3) is 0.0667. The summed E-state index contributed by atoms with van der Waals surface area (Å²) in [6.07, 6.45) is 3.74. The number of carbonyl (C=O) groups excluding carboxylic acids is 1. The van der Waals surface area contributed by atoms with Gasteiger partial charge in [0.25, 0.3) is 10.0 Å². The molecule has 9 nitrogen and oxygen atoms in total. The van der Waals surface area contributed by atoms with Crippen molar-refractivity contribution in [3.05, 3.63) is 48.9 Å². The van der Waals surface area contributed by atoms with Gasteiger partial charge < -0.3 is 10.1 Å². The van der Waals surface area contributed by atoms with Crippen molar-refractivity contribution < 1.29 is 17.9 Å². The number of sulfonamides is 1. The predicted octanol–water partition coefficient (Wildman–Crippen LogP) is 2.48. The molecule has 0 aliphatic heterocycles. The highest BCUT2D eigenvalue weighted by atomic mass is 32.2. The molecule has 0 unspecified atom stereocenters. The highest BCUT2D eigenvalue weighted by Gasteiger charge is 2.19. The Morgan fingerprint density at radius 1 is 1.08 bits per heavy atom. The lowest BCUT2D eigenvalue weighted by molar-refractivity contribution is -0.114. The Morgan fingerprint density at radius 2 is 1.77 bits per heavy atom. The van der Waals surface area contributed by atoms with E-state index in [-0.39, 0.29) is 26.9 Å². The Morgan fingerprint density at radius 3 is 2.42 bits per heavy atom. The summed E-state index contributed by atoms with van der Waals surface area (Å²) in [7, 11) is -3.87. The molecule has 3 rings (SSSR count). The van der Waals surface area contributed by atoms with Crippen LogP contribution in [0, 0.1) is 0 Å². The molecule has 2 heterocycles. The van der Waals surface area contributed by atoms with Crippen LogP contribution in [-0.4, -0.2) is 29.3 Å². The molecule has 0 spiro atoms. The molecule has 1 amide bonds. The monoisotopic (exact) mass is 391 g/mol. The molecule has 1 aromatic carbocycles. The van der Waals surface area contributed by atoms with Crippen molar-refractivity contribution in [2.24, 2.45) is 0 Å². The summed E-state index contributed by atoms with van der Waals surface area (Å²) >= 11 is 0.833. The van der Waals surface area contributed by atoms with Crippen LogP contribution in [0.25, 0.3) is 0 Å². The molecule has 134 valence electrons. The van der Waals surface area contributed by atoms with Gasteiger partial charge in [0.15, 0.2) is 9.34 Å². The summed E-state index contributed by atoms with van der Waals surface area (Å²) in [5.74, 6) is 0.231. The molecule has 0 radical (unpaired) electrons. The smallest absolute Gasteiger partial charge is 0.322 e. The van der Waals surface area contributed by atoms with Crippen LogP contribution in [-0.2, 0) is 14.8 Å². The third-order valence-corrected chi connectivity index (χ3v) is 5.62. The Labute approximate surface area is 153 Å². The number of rotatable bonds is 6. The zero-order chi connectivity index (χ0) is 18.6. The Bertz CT molecular complexity index is 1000. The van der Waals surface area contributed by atoms with Crippen LogP contribution in [0.1, 0.15) is 6.92 Å². The number of benzene rings is 1. The number of aromatic nitrogens is 3. The molecule has 0 saturated carbocycles. The molecule has 0 bridgehead atoms. The van der Waals surface area contributed by atoms with E-state index in [2.05, 4.69) is 25.0 Å². The topological polar surface area (TPSA) is 123 Å². The van der Waals surface area contributed by atoms with Gasteiger partial charge in [-0.2, -0.15) is 0 Å². The quantitative estimate of drug-likeness (QED) is 0.661. The van der Waals surface area contributed by atoms with E-state index < -0.39 is 10.0 Å². The van der Waals surface area contributed by atoms with Crippen molar-refractivity contribution in [3.8, 4) is 11.8 Å². The second-order valence-electron chi connectivity index (χ2n) is 4.94. The first kappa shape index (κ1) is 17.8. The maximum atomic E-state index is 12.3. The minimum absolute atomic E-state index is 0.0501. The lowest BCUT2D eigenvalue weighted by Gasteiger charge is -2.06. The van der Waals surface area contributed by atoms with E-state index in [4.69, 9.17) is 4.74 Å². The van der Waals surface area contributed by atoms with Gasteiger partial charge in [-0.3, -0.25) is 9.52 Å². The van der Waals surface area contributed by atoms with Gasteiger partial charge in [0.1, 0.15) is 5.75 Å². The maximum Gasteiger partial charge on any atom is 0.322 e. The molecule has 3 aromatic rings. The van der Waals surface area contributed by atoms with Crippen LogP contribution >= 0.6 is 11.3 Å². The summed E-state index contributed by atoms with van der Waals surface area (Å²) in [5.41, 5.74) is 0.167. The van der Waals surface area contributed by atoms with Crippen LogP contribution in [0.4, 0.5) is 10.8 Å². The van der Waals surface area contributed by atoms with Crippen LogP contribution < -0.4 is 14.8 Å². The van der Waals surface area contributed by atoms with Crippen molar-refractivity contribution in [3.63, 3.8) is 0 Å². The van der Waals surface area contributed by atoms with Gasteiger partial charge in [0.05, 0.1) is 24.3 Å². The average molecular weight is 391 g/mol. The molecule has 26 heavy (non-hydrogen) atoms. The number of hydrogen-bond donors (Lipinski definition) is 2. The van der Waals surface area contributed by atoms with Crippen molar-refractivity contribution in [1.29, 1.82) is 0 Å². The van der Waals surface area contributed by atoms with Gasteiger partial charge in [-0.05, 0) is 12.1 Å². The minimum atomic E-state index is -3.87. The maximum absolute atomic E-state index is 12.3. The van der Waals surface area contributed by atoms with Crippen molar-refractivity contribution in [2.75, 3.05) is 10.0 Å². The number of ether oxygens (including phenoxy) is 1. The van der Waals surface area contributed by atoms with Gasteiger partial charge >= 0.3 is 6.01 Å². The van der Waals surface area contributed by atoms with Crippen LogP contribution in [0.15, 0.2) is 53.1 Å². The van der Waals surface area contributed by atoms with Crippen LogP contribution in [0.2, 0.25) is 0 Å². The van der Waals surface area contributed by atoms with E-state index >= 15 is 0 Å². The summed E-state index contributed by atoms with van der Waals surface area (Å²) in [6.45, 7) is 1.31. The summed E-state index contributed by atoms with van der Waals surface area (Å²) < 4.78 is 32.4. The largest absolute Gasteiger partial charge is 0.424 e.